The van der Waals surface area contributed by atoms with E-state index in [1.807, 2.05) is 5.38 Å². The van der Waals surface area contributed by atoms with Gasteiger partial charge < -0.3 is 13.9 Å². The molecule has 5 nitrogen and oxygen atoms in total. The summed E-state index contributed by atoms with van der Waals surface area (Å²) in [7, 11) is 0. The quantitative estimate of drug-likeness (QED) is 0.221. The Hall–Kier alpha value is -3.40. The first-order valence-electron chi connectivity index (χ1n) is 9.83. The maximum atomic E-state index is 14.8. The number of anilines is 1. The molecule has 0 aliphatic rings. The molecule has 1 N–H and O–H groups in total. The minimum absolute atomic E-state index is 0.137. The number of halogens is 3. The number of ether oxygens (including phenoxy) is 1. The SMILES string of the molecule is Fc1ccc(-c2cc(-c3ccoc3)c(Oc3cc(F)c(SNc4cscn4)cc3Cl)cn2)cc1. The van der Waals surface area contributed by atoms with Crippen LogP contribution >= 0.6 is 34.9 Å². The van der Waals surface area contributed by atoms with Crippen LogP contribution < -0.4 is 9.46 Å². The summed E-state index contributed by atoms with van der Waals surface area (Å²) in [6.07, 6.45) is 4.61. The highest BCUT2D eigenvalue weighted by atomic mass is 35.5. The molecule has 0 unspecified atom stereocenters. The molecule has 0 fully saturated rings. The summed E-state index contributed by atoms with van der Waals surface area (Å²) in [6.45, 7) is 0. The summed E-state index contributed by atoms with van der Waals surface area (Å²) in [5.41, 5.74) is 4.41. The number of aromatic nitrogens is 2. The van der Waals surface area contributed by atoms with E-state index >= 15 is 0 Å². The van der Waals surface area contributed by atoms with E-state index in [1.54, 1.807) is 36.0 Å². The second-order valence-corrected chi connectivity index (χ2v) is 8.95. The molecule has 0 radical (unpaired) electrons. The van der Waals surface area contributed by atoms with Gasteiger partial charge in [-0.3, -0.25) is 4.98 Å². The van der Waals surface area contributed by atoms with E-state index in [0.717, 1.165) is 23.1 Å². The lowest BCUT2D eigenvalue weighted by atomic mass is 10.0. The van der Waals surface area contributed by atoms with Crippen molar-refractivity contribution < 1.29 is 17.9 Å². The lowest BCUT2D eigenvalue weighted by molar-refractivity contribution is 0.474. The predicted octanol–water partition coefficient (Wildman–Crippen LogP) is 8.31. The molecule has 0 saturated heterocycles. The number of thiazole rings is 1. The van der Waals surface area contributed by atoms with Crippen LogP contribution in [-0.2, 0) is 0 Å². The molecule has 3 aromatic heterocycles. The molecule has 0 aliphatic heterocycles. The Morgan fingerprint density at radius 3 is 2.59 bits per heavy atom. The Balaban J connectivity index is 1.45. The minimum atomic E-state index is -0.507. The summed E-state index contributed by atoms with van der Waals surface area (Å²) < 4.78 is 42.3. The van der Waals surface area contributed by atoms with Gasteiger partial charge in [-0.1, -0.05) is 11.6 Å². The van der Waals surface area contributed by atoms with E-state index in [-0.39, 0.29) is 16.6 Å². The molecule has 0 spiro atoms. The zero-order valence-electron chi connectivity index (χ0n) is 17.2. The number of nitrogens with zero attached hydrogens (tertiary/aromatic N) is 2. The van der Waals surface area contributed by atoms with Crippen molar-refractivity contribution in [3.05, 3.63) is 94.8 Å². The smallest absolute Gasteiger partial charge is 0.153 e. The topological polar surface area (TPSA) is 60.2 Å². The largest absolute Gasteiger partial charge is 0.472 e. The zero-order chi connectivity index (χ0) is 23.5. The van der Waals surface area contributed by atoms with E-state index in [4.69, 9.17) is 20.8 Å². The van der Waals surface area contributed by atoms with E-state index < -0.39 is 5.82 Å². The van der Waals surface area contributed by atoms with Crippen LogP contribution in [0.4, 0.5) is 14.6 Å². The lowest BCUT2D eigenvalue weighted by Gasteiger charge is -2.14. The Morgan fingerprint density at radius 1 is 1.00 bits per heavy atom. The molecule has 170 valence electrons. The number of hydrogen-bond acceptors (Lipinski definition) is 7. The van der Waals surface area contributed by atoms with E-state index in [1.165, 1.54) is 48.1 Å². The fraction of sp³-hybridized carbons (Fsp3) is 0. The van der Waals surface area contributed by atoms with Crippen molar-refractivity contribution in [3.63, 3.8) is 0 Å². The summed E-state index contributed by atoms with van der Waals surface area (Å²) >= 11 is 8.90. The van der Waals surface area contributed by atoms with E-state index in [9.17, 15) is 8.78 Å². The zero-order valence-corrected chi connectivity index (χ0v) is 19.6. The summed E-state index contributed by atoms with van der Waals surface area (Å²) in [4.78, 5) is 8.83. The average molecular weight is 514 g/mol. The van der Waals surface area contributed by atoms with E-state index in [2.05, 4.69) is 14.7 Å². The van der Waals surface area contributed by atoms with Gasteiger partial charge >= 0.3 is 0 Å². The number of nitrogens with one attached hydrogen (secondary N) is 1. The van der Waals surface area contributed by atoms with Crippen molar-refractivity contribution >= 4 is 40.7 Å². The number of furan rings is 1. The lowest BCUT2D eigenvalue weighted by Crippen LogP contribution is -1.95. The highest BCUT2D eigenvalue weighted by molar-refractivity contribution is 8.00. The Morgan fingerprint density at radius 2 is 1.85 bits per heavy atom. The van der Waals surface area contributed by atoms with Crippen LogP contribution in [0.25, 0.3) is 22.4 Å². The van der Waals surface area contributed by atoms with Gasteiger partial charge in [-0.05, 0) is 54.4 Å². The fourth-order valence-corrected chi connectivity index (χ4v) is 4.59. The summed E-state index contributed by atoms with van der Waals surface area (Å²) in [6, 6.07) is 12.3. The monoisotopic (exact) mass is 513 g/mol. The first kappa shape index (κ1) is 22.4. The second kappa shape index (κ2) is 9.84. The van der Waals surface area contributed by atoms with Crippen molar-refractivity contribution in [3.8, 4) is 33.9 Å². The standard InChI is InChI=1S/C24H14ClF2N3O2S2/c25-18-8-23(34-30-24-12-33-13-29-24)19(27)9-21(18)32-22-10-28-20(14-1-3-16(26)4-2-14)7-17(22)15-5-6-31-11-15/h1-13,30H. The summed E-state index contributed by atoms with van der Waals surface area (Å²) in [5, 5.41) is 2.04. The maximum absolute atomic E-state index is 14.8. The molecule has 5 aromatic rings. The second-order valence-electron chi connectivity index (χ2n) is 6.98. The normalized spacial score (nSPS) is 10.9. The third-order valence-electron chi connectivity index (χ3n) is 4.74. The van der Waals surface area contributed by atoms with Crippen LogP contribution in [0.1, 0.15) is 0 Å². The molecule has 0 bridgehead atoms. The van der Waals surface area contributed by atoms with Crippen molar-refractivity contribution in [2.75, 3.05) is 4.72 Å². The molecule has 34 heavy (non-hydrogen) atoms. The Kier molecular flexibility index (Phi) is 6.48. The molecule has 5 rings (SSSR count). The maximum Gasteiger partial charge on any atom is 0.153 e. The van der Waals surface area contributed by atoms with Gasteiger partial charge in [0.05, 0.1) is 39.8 Å². The van der Waals surface area contributed by atoms with Gasteiger partial charge in [-0.2, -0.15) is 0 Å². The van der Waals surface area contributed by atoms with Gasteiger partial charge in [0.25, 0.3) is 0 Å². The van der Waals surface area contributed by atoms with Crippen LogP contribution in [-0.4, -0.2) is 9.97 Å². The molecular weight excluding hydrogens is 500 g/mol. The first-order valence-corrected chi connectivity index (χ1v) is 12.0. The number of hydrogen-bond donors (Lipinski definition) is 1. The summed E-state index contributed by atoms with van der Waals surface area (Å²) in [5.74, 6) is 0.280. The third kappa shape index (κ3) is 4.91. The van der Waals surface area contributed by atoms with Gasteiger partial charge in [0.15, 0.2) is 5.75 Å². The van der Waals surface area contributed by atoms with E-state index in [0.29, 0.717) is 27.7 Å². The van der Waals surface area contributed by atoms with Gasteiger partial charge in [0.2, 0.25) is 0 Å². The Labute approximate surface area is 206 Å². The molecule has 2 aromatic carbocycles. The number of pyridine rings is 1. The van der Waals surface area contributed by atoms with Crippen molar-refractivity contribution in [1.29, 1.82) is 0 Å². The highest BCUT2D eigenvalue weighted by Gasteiger charge is 2.16. The Bertz CT molecular complexity index is 1410. The van der Waals surface area contributed by atoms with Crippen LogP contribution in [0.3, 0.4) is 0 Å². The van der Waals surface area contributed by atoms with Gasteiger partial charge in [0, 0.05) is 28.1 Å². The fourth-order valence-electron chi connectivity index (χ4n) is 3.10. The molecule has 0 atom stereocenters. The number of benzene rings is 2. The highest BCUT2D eigenvalue weighted by Crippen LogP contribution is 2.40. The van der Waals surface area contributed by atoms with Crippen LogP contribution in [0.5, 0.6) is 11.5 Å². The molecule has 0 aliphatic carbocycles. The third-order valence-corrected chi connectivity index (χ3v) is 6.47. The molecular formula is C24H14ClF2N3O2S2. The van der Waals surface area contributed by atoms with Gasteiger partial charge in [-0.15, -0.1) is 11.3 Å². The predicted molar refractivity (Wildman–Crippen MR) is 130 cm³/mol. The molecule has 0 amide bonds. The van der Waals surface area contributed by atoms with Crippen molar-refractivity contribution in [2.24, 2.45) is 0 Å². The molecule has 10 heteroatoms. The van der Waals surface area contributed by atoms with Crippen LogP contribution in [0.15, 0.2) is 87.5 Å². The van der Waals surface area contributed by atoms with Crippen molar-refractivity contribution in [2.45, 2.75) is 4.90 Å². The first-order chi connectivity index (χ1) is 16.6. The average Bonchev–Trinajstić information content (AvgIpc) is 3.56. The molecule has 0 saturated carbocycles. The van der Waals surface area contributed by atoms with Gasteiger partial charge in [0.1, 0.15) is 23.2 Å². The van der Waals surface area contributed by atoms with Gasteiger partial charge in [-0.25, -0.2) is 13.8 Å². The number of rotatable bonds is 7. The minimum Gasteiger partial charge on any atom is -0.472 e. The molecule has 3 heterocycles. The van der Waals surface area contributed by atoms with Crippen LogP contribution in [0, 0.1) is 11.6 Å². The van der Waals surface area contributed by atoms with Crippen LogP contribution in [0.2, 0.25) is 5.02 Å². The van der Waals surface area contributed by atoms with Crippen molar-refractivity contribution in [1.82, 2.24) is 9.97 Å².